The average Bonchev–Trinajstić information content (AvgIpc) is 2.23. The maximum atomic E-state index is 11.1. The summed E-state index contributed by atoms with van der Waals surface area (Å²) in [4.78, 5) is 13.1. The van der Waals surface area contributed by atoms with Crippen LogP contribution in [0.4, 0.5) is 0 Å². The number of hydrogen-bond donors (Lipinski definition) is 0. The van der Waals surface area contributed by atoms with Crippen molar-refractivity contribution in [2.45, 2.75) is 39.2 Å². The minimum absolute atomic E-state index is 0.170. The summed E-state index contributed by atoms with van der Waals surface area (Å²) in [5.41, 5.74) is 0. The molecule has 0 rings (SSSR count). The fourth-order valence-corrected chi connectivity index (χ4v) is 1.40. The van der Waals surface area contributed by atoms with Gasteiger partial charge in [-0.2, -0.15) is 5.26 Å². The number of carbonyl (C=O) groups excluding carboxylic acids is 1. The second-order valence-corrected chi connectivity index (χ2v) is 3.46. The molecule has 0 saturated heterocycles. The Balaban J connectivity index is 3.85. The second kappa shape index (κ2) is 8.25. The zero-order valence-electron chi connectivity index (χ0n) is 9.82. The summed E-state index contributed by atoms with van der Waals surface area (Å²) in [6, 6.07) is 2.39. The summed E-state index contributed by atoms with van der Waals surface area (Å²) >= 11 is 0. The summed E-state index contributed by atoms with van der Waals surface area (Å²) < 4.78 is 4.84. The minimum atomic E-state index is -0.170. The standard InChI is InChI=1S/C11H20N2O2/c1-4-10(6-8-12)13(3)9-7-11(14)15-5-2/h10H,4-7,9H2,1-3H3. The van der Waals surface area contributed by atoms with Crippen LogP contribution in [0.15, 0.2) is 0 Å². The number of ether oxygens (including phenoxy) is 1. The predicted molar refractivity (Wildman–Crippen MR) is 58.2 cm³/mol. The smallest absolute Gasteiger partial charge is 0.307 e. The molecule has 0 aliphatic rings. The maximum absolute atomic E-state index is 11.1. The first kappa shape index (κ1) is 13.9. The Hall–Kier alpha value is -1.08. The van der Waals surface area contributed by atoms with E-state index in [1.807, 2.05) is 18.9 Å². The van der Waals surface area contributed by atoms with Gasteiger partial charge in [-0.15, -0.1) is 0 Å². The van der Waals surface area contributed by atoms with Gasteiger partial charge in [-0.1, -0.05) is 6.92 Å². The first-order valence-electron chi connectivity index (χ1n) is 5.38. The fraction of sp³-hybridized carbons (Fsp3) is 0.818. The van der Waals surface area contributed by atoms with Crippen LogP contribution < -0.4 is 0 Å². The lowest BCUT2D eigenvalue weighted by atomic mass is 10.1. The first-order valence-corrected chi connectivity index (χ1v) is 5.38. The molecule has 0 aliphatic carbocycles. The molecule has 4 nitrogen and oxygen atoms in total. The van der Waals surface area contributed by atoms with E-state index in [0.717, 1.165) is 6.42 Å². The minimum Gasteiger partial charge on any atom is -0.466 e. The molecule has 0 aromatic carbocycles. The zero-order valence-corrected chi connectivity index (χ0v) is 9.82. The Bertz CT molecular complexity index is 223. The average molecular weight is 212 g/mol. The summed E-state index contributed by atoms with van der Waals surface area (Å²) in [6.07, 6.45) is 1.83. The molecule has 0 aromatic rings. The van der Waals surface area contributed by atoms with Crippen LogP contribution in [0.1, 0.15) is 33.1 Å². The van der Waals surface area contributed by atoms with Crippen molar-refractivity contribution in [2.75, 3.05) is 20.2 Å². The summed E-state index contributed by atoms with van der Waals surface area (Å²) in [6.45, 7) is 4.92. The van der Waals surface area contributed by atoms with Gasteiger partial charge >= 0.3 is 5.97 Å². The molecular formula is C11H20N2O2. The van der Waals surface area contributed by atoms with Gasteiger partial charge in [0.05, 0.1) is 25.5 Å². The van der Waals surface area contributed by atoms with E-state index in [0.29, 0.717) is 26.0 Å². The lowest BCUT2D eigenvalue weighted by Crippen LogP contribution is -2.32. The highest BCUT2D eigenvalue weighted by Gasteiger charge is 2.13. The SMILES string of the molecule is CCOC(=O)CCN(C)C(CC)CC#N. The van der Waals surface area contributed by atoms with Gasteiger partial charge < -0.3 is 9.64 Å². The Morgan fingerprint density at radius 1 is 1.53 bits per heavy atom. The third-order valence-electron chi connectivity index (χ3n) is 2.40. The number of hydrogen-bond acceptors (Lipinski definition) is 4. The third kappa shape index (κ3) is 6.08. The quantitative estimate of drug-likeness (QED) is 0.601. The van der Waals surface area contributed by atoms with Crippen LogP contribution in [0.5, 0.6) is 0 Å². The fourth-order valence-electron chi connectivity index (χ4n) is 1.40. The van der Waals surface area contributed by atoms with Crippen molar-refractivity contribution in [3.8, 4) is 6.07 Å². The number of nitriles is 1. The van der Waals surface area contributed by atoms with E-state index in [-0.39, 0.29) is 12.0 Å². The molecule has 0 heterocycles. The topological polar surface area (TPSA) is 53.3 Å². The molecule has 0 N–H and O–H groups in total. The van der Waals surface area contributed by atoms with Gasteiger partial charge in [-0.3, -0.25) is 4.79 Å². The number of nitrogens with zero attached hydrogens (tertiary/aromatic N) is 2. The van der Waals surface area contributed by atoms with E-state index in [1.165, 1.54) is 0 Å². The molecule has 1 unspecified atom stereocenters. The highest BCUT2D eigenvalue weighted by atomic mass is 16.5. The number of rotatable bonds is 7. The Kier molecular flexibility index (Phi) is 7.65. The van der Waals surface area contributed by atoms with E-state index in [1.54, 1.807) is 6.92 Å². The van der Waals surface area contributed by atoms with Crippen LogP contribution in [0, 0.1) is 11.3 Å². The summed E-state index contributed by atoms with van der Waals surface area (Å²) in [5, 5.41) is 8.61. The van der Waals surface area contributed by atoms with Crippen molar-refractivity contribution < 1.29 is 9.53 Å². The second-order valence-electron chi connectivity index (χ2n) is 3.46. The molecule has 86 valence electrons. The predicted octanol–water partition coefficient (Wildman–Crippen LogP) is 1.56. The molecule has 0 aromatic heterocycles. The van der Waals surface area contributed by atoms with Crippen molar-refractivity contribution in [3.63, 3.8) is 0 Å². The number of esters is 1. The van der Waals surface area contributed by atoms with Crippen LogP contribution in [0.25, 0.3) is 0 Å². The summed E-state index contributed by atoms with van der Waals surface area (Å²) in [7, 11) is 1.94. The van der Waals surface area contributed by atoms with Gasteiger partial charge in [0.15, 0.2) is 0 Å². The van der Waals surface area contributed by atoms with Gasteiger partial charge in [0, 0.05) is 12.6 Å². The van der Waals surface area contributed by atoms with Crippen molar-refractivity contribution in [3.05, 3.63) is 0 Å². The lowest BCUT2D eigenvalue weighted by molar-refractivity contribution is -0.143. The lowest BCUT2D eigenvalue weighted by Gasteiger charge is -2.24. The molecule has 0 saturated carbocycles. The molecule has 0 spiro atoms. The largest absolute Gasteiger partial charge is 0.466 e. The third-order valence-corrected chi connectivity index (χ3v) is 2.40. The Morgan fingerprint density at radius 2 is 2.20 bits per heavy atom. The van der Waals surface area contributed by atoms with Crippen molar-refractivity contribution in [1.29, 1.82) is 5.26 Å². The zero-order chi connectivity index (χ0) is 11.7. The van der Waals surface area contributed by atoms with Gasteiger partial charge in [0.1, 0.15) is 0 Å². The molecule has 1 atom stereocenters. The molecule has 0 radical (unpaired) electrons. The van der Waals surface area contributed by atoms with Crippen molar-refractivity contribution in [1.82, 2.24) is 4.90 Å². The molecule has 0 bridgehead atoms. The number of carbonyl (C=O) groups is 1. The van der Waals surface area contributed by atoms with E-state index in [2.05, 4.69) is 6.07 Å². The van der Waals surface area contributed by atoms with Gasteiger partial charge in [-0.05, 0) is 20.4 Å². The molecule has 0 aliphatic heterocycles. The summed E-state index contributed by atoms with van der Waals surface area (Å²) in [5.74, 6) is -0.170. The van der Waals surface area contributed by atoms with E-state index in [9.17, 15) is 4.79 Å². The molecule has 4 heteroatoms. The van der Waals surface area contributed by atoms with Crippen molar-refractivity contribution >= 4 is 5.97 Å². The molecule has 15 heavy (non-hydrogen) atoms. The van der Waals surface area contributed by atoms with E-state index < -0.39 is 0 Å². The van der Waals surface area contributed by atoms with Crippen LogP contribution in [0.3, 0.4) is 0 Å². The van der Waals surface area contributed by atoms with Crippen LogP contribution in [-0.2, 0) is 9.53 Å². The Labute approximate surface area is 91.8 Å². The molecule has 0 fully saturated rings. The molecule has 0 amide bonds. The van der Waals surface area contributed by atoms with Gasteiger partial charge in [0.25, 0.3) is 0 Å². The normalized spacial score (nSPS) is 12.2. The highest BCUT2D eigenvalue weighted by Crippen LogP contribution is 2.06. The van der Waals surface area contributed by atoms with Crippen LogP contribution >= 0.6 is 0 Å². The van der Waals surface area contributed by atoms with Gasteiger partial charge in [0.2, 0.25) is 0 Å². The van der Waals surface area contributed by atoms with E-state index in [4.69, 9.17) is 10.00 Å². The van der Waals surface area contributed by atoms with Gasteiger partial charge in [-0.25, -0.2) is 0 Å². The van der Waals surface area contributed by atoms with Crippen LogP contribution in [-0.4, -0.2) is 37.1 Å². The Morgan fingerprint density at radius 3 is 2.67 bits per heavy atom. The molecular weight excluding hydrogens is 192 g/mol. The maximum Gasteiger partial charge on any atom is 0.307 e. The monoisotopic (exact) mass is 212 g/mol. The van der Waals surface area contributed by atoms with E-state index >= 15 is 0 Å². The van der Waals surface area contributed by atoms with Crippen molar-refractivity contribution in [2.24, 2.45) is 0 Å². The first-order chi connectivity index (χ1) is 7.15. The highest BCUT2D eigenvalue weighted by molar-refractivity contribution is 5.69. The van der Waals surface area contributed by atoms with Crippen LogP contribution in [0.2, 0.25) is 0 Å².